The summed E-state index contributed by atoms with van der Waals surface area (Å²) in [6.45, 7) is 3.95. The molecule has 0 bridgehead atoms. The fourth-order valence-electron chi connectivity index (χ4n) is 3.34. The van der Waals surface area contributed by atoms with E-state index in [1.807, 2.05) is 36.1 Å². The van der Waals surface area contributed by atoms with Gasteiger partial charge in [-0.05, 0) is 31.9 Å². The van der Waals surface area contributed by atoms with Crippen molar-refractivity contribution in [2.75, 3.05) is 23.3 Å². The molecular weight excluding hydrogens is 362 g/mol. The Morgan fingerprint density at radius 1 is 1.26 bits per heavy atom. The number of hydrogen-bond donors (Lipinski definition) is 1. The smallest absolute Gasteiger partial charge is 0.294 e. The Morgan fingerprint density at radius 2 is 2.04 bits per heavy atom. The number of fused-ring (bicyclic) bond motifs is 1. The molecule has 1 aliphatic rings. The van der Waals surface area contributed by atoms with Crippen molar-refractivity contribution in [2.24, 2.45) is 0 Å². The van der Waals surface area contributed by atoms with Gasteiger partial charge < -0.3 is 14.8 Å². The molecule has 1 aliphatic heterocycles. The average Bonchev–Trinajstić information content (AvgIpc) is 3.32. The molecule has 1 amide bonds. The van der Waals surface area contributed by atoms with Crippen LogP contribution >= 0.6 is 11.3 Å². The number of rotatable bonds is 5. The largest absolute Gasteiger partial charge is 0.352 e. The Bertz CT molecular complexity index is 1040. The van der Waals surface area contributed by atoms with Crippen LogP contribution in [0.1, 0.15) is 24.1 Å². The van der Waals surface area contributed by atoms with Gasteiger partial charge in [0.2, 0.25) is 5.91 Å². The lowest BCUT2D eigenvalue weighted by atomic mass is 10.2. The topological polar surface area (TPSA) is 80.1 Å². The van der Waals surface area contributed by atoms with Gasteiger partial charge in [0.15, 0.2) is 10.9 Å². The minimum atomic E-state index is -0.153. The van der Waals surface area contributed by atoms with Crippen LogP contribution in [0.5, 0.6) is 0 Å². The lowest BCUT2D eigenvalue weighted by Gasteiger charge is -2.18. The van der Waals surface area contributed by atoms with Crippen LogP contribution in [-0.2, 0) is 11.3 Å². The van der Waals surface area contributed by atoms with E-state index in [1.54, 1.807) is 10.8 Å². The summed E-state index contributed by atoms with van der Waals surface area (Å²) in [6.07, 6.45) is 4.07. The van der Waals surface area contributed by atoms with Crippen molar-refractivity contribution in [1.29, 1.82) is 0 Å². The molecular formula is C19H21N5O2S. The van der Waals surface area contributed by atoms with Crippen molar-refractivity contribution in [3.8, 4) is 0 Å². The minimum Gasteiger partial charge on any atom is -0.352 e. The molecule has 0 spiro atoms. The zero-order valence-corrected chi connectivity index (χ0v) is 16.0. The number of hydrogen-bond acceptors (Lipinski definition) is 6. The molecule has 0 radical (unpaired) electrons. The number of amides is 1. The first-order valence-electron chi connectivity index (χ1n) is 9.08. The Morgan fingerprint density at radius 3 is 2.78 bits per heavy atom. The van der Waals surface area contributed by atoms with Crippen molar-refractivity contribution in [1.82, 2.24) is 14.5 Å². The highest BCUT2D eigenvalue weighted by atomic mass is 32.1. The fraction of sp³-hybridized carbons (Fsp3) is 0.368. The summed E-state index contributed by atoms with van der Waals surface area (Å²) in [5, 5.41) is 3.38. The van der Waals surface area contributed by atoms with Gasteiger partial charge in [0.05, 0.1) is 11.0 Å². The Labute approximate surface area is 160 Å². The third-order valence-corrected chi connectivity index (χ3v) is 5.50. The molecule has 1 saturated heterocycles. The summed E-state index contributed by atoms with van der Waals surface area (Å²) in [5.41, 5.74) is 1.40. The van der Waals surface area contributed by atoms with E-state index in [0.29, 0.717) is 17.5 Å². The normalized spacial score (nSPS) is 14.0. The van der Waals surface area contributed by atoms with Crippen LogP contribution in [0.3, 0.4) is 0 Å². The predicted octanol–water partition coefficient (Wildman–Crippen LogP) is 2.79. The zero-order valence-electron chi connectivity index (χ0n) is 15.1. The second kappa shape index (κ2) is 7.48. The molecule has 2 aromatic heterocycles. The number of nitrogens with zero attached hydrogens (tertiary/aromatic N) is 4. The van der Waals surface area contributed by atoms with E-state index in [-0.39, 0.29) is 17.9 Å². The van der Waals surface area contributed by atoms with Crippen LogP contribution in [0.15, 0.2) is 35.3 Å². The Balaban J connectivity index is 1.60. The molecule has 0 atom stereocenters. The molecule has 1 N–H and O–H groups in total. The standard InChI is InChI=1S/C19H21N5O2S/c1-13-12-20-19(27-13)22-16(25)8-11-24-15-7-3-2-6-14(15)21-17(18(24)26)23-9-4-5-10-23/h2-3,6-7,12H,4-5,8-11H2,1H3,(H,20,22,25). The second-order valence-corrected chi connectivity index (χ2v) is 7.88. The van der Waals surface area contributed by atoms with E-state index >= 15 is 0 Å². The van der Waals surface area contributed by atoms with Gasteiger partial charge in [0, 0.05) is 37.1 Å². The third kappa shape index (κ3) is 3.71. The molecule has 7 nitrogen and oxygen atoms in total. The highest BCUT2D eigenvalue weighted by molar-refractivity contribution is 7.15. The highest BCUT2D eigenvalue weighted by Gasteiger charge is 2.20. The minimum absolute atomic E-state index is 0.131. The number of carbonyl (C=O) groups is 1. The maximum atomic E-state index is 13.1. The van der Waals surface area contributed by atoms with Crippen molar-refractivity contribution in [3.05, 3.63) is 45.7 Å². The number of nitrogens with one attached hydrogen (secondary N) is 1. The van der Waals surface area contributed by atoms with E-state index < -0.39 is 0 Å². The quantitative estimate of drug-likeness (QED) is 0.733. The van der Waals surface area contributed by atoms with Crippen molar-refractivity contribution in [2.45, 2.75) is 32.7 Å². The lowest BCUT2D eigenvalue weighted by molar-refractivity contribution is -0.116. The molecule has 0 unspecified atom stereocenters. The molecule has 4 rings (SSSR count). The van der Waals surface area contributed by atoms with E-state index in [0.717, 1.165) is 41.8 Å². The summed E-state index contributed by atoms with van der Waals surface area (Å²) >= 11 is 1.43. The monoisotopic (exact) mass is 383 g/mol. The molecule has 3 heterocycles. The van der Waals surface area contributed by atoms with E-state index in [2.05, 4.69) is 15.3 Å². The van der Waals surface area contributed by atoms with Crippen LogP contribution in [0.4, 0.5) is 10.9 Å². The van der Waals surface area contributed by atoms with Crippen molar-refractivity contribution < 1.29 is 4.79 Å². The van der Waals surface area contributed by atoms with E-state index in [1.165, 1.54) is 11.3 Å². The van der Waals surface area contributed by atoms with Gasteiger partial charge in [-0.25, -0.2) is 9.97 Å². The summed E-state index contributed by atoms with van der Waals surface area (Å²) in [5.74, 6) is 0.335. The number of carbonyl (C=O) groups excluding carboxylic acids is 1. The van der Waals surface area contributed by atoms with Crippen molar-refractivity contribution in [3.63, 3.8) is 0 Å². The predicted molar refractivity (Wildman–Crippen MR) is 108 cm³/mol. The highest BCUT2D eigenvalue weighted by Crippen LogP contribution is 2.19. The Hall–Kier alpha value is -2.74. The molecule has 1 fully saturated rings. The Kier molecular flexibility index (Phi) is 4.89. The van der Waals surface area contributed by atoms with E-state index in [4.69, 9.17) is 0 Å². The molecule has 1 aromatic carbocycles. The van der Waals surface area contributed by atoms with E-state index in [9.17, 15) is 9.59 Å². The maximum absolute atomic E-state index is 13.1. The van der Waals surface area contributed by atoms with Crippen LogP contribution in [-0.4, -0.2) is 33.5 Å². The maximum Gasteiger partial charge on any atom is 0.294 e. The summed E-state index contributed by atoms with van der Waals surface area (Å²) in [4.78, 5) is 37.2. The van der Waals surface area contributed by atoms with Gasteiger partial charge in [0.1, 0.15) is 0 Å². The van der Waals surface area contributed by atoms with Crippen molar-refractivity contribution >= 4 is 39.2 Å². The molecule has 0 aliphatic carbocycles. The molecule has 27 heavy (non-hydrogen) atoms. The fourth-order valence-corrected chi connectivity index (χ4v) is 4.02. The first-order chi connectivity index (χ1) is 13.1. The van der Waals surface area contributed by atoms with Crippen LogP contribution in [0.25, 0.3) is 11.0 Å². The number of para-hydroxylation sites is 2. The zero-order chi connectivity index (χ0) is 18.8. The number of thiazole rings is 1. The first kappa shape index (κ1) is 17.7. The summed E-state index contributed by atoms with van der Waals surface area (Å²) in [7, 11) is 0. The molecule has 0 saturated carbocycles. The summed E-state index contributed by atoms with van der Waals surface area (Å²) < 4.78 is 1.67. The number of aromatic nitrogens is 3. The molecule has 8 heteroatoms. The third-order valence-electron chi connectivity index (χ3n) is 4.67. The SMILES string of the molecule is Cc1cnc(NC(=O)CCn2c(=O)c(N3CCCC3)nc3ccccc32)s1. The molecule has 3 aromatic rings. The number of anilines is 2. The molecule has 140 valence electrons. The number of aryl methyl sites for hydroxylation is 2. The van der Waals surface area contributed by atoms with Gasteiger partial charge in [-0.15, -0.1) is 11.3 Å². The van der Waals surface area contributed by atoms with Crippen LogP contribution < -0.4 is 15.8 Å². The van der Waals surface area contributed by atoms with Crippen LogP contribution in [0, 0.1) is 6.92 Å². The van der Waals surface area contributed by atoms with Crippen LogP contribution in [0.2, 0.25) is 0 Å². The van der Waals surface area contributed by atoms with Gasteiger partial charge in [-0.3, -0.25) is 9.59 Å². The lowest BCUT2D eigenvalue weighted by Crippen LogP contribution is -2.32. The first-order valence-corrected chi connectivity index (χ1v) is 9.90. The second-order valence-electron chi connectivity index (χ2n) is 6.65. The van der Waals surface area contributed by atoms with Gasteiger partial charge >= 0.3 is 0 Å². The summed E-state index contributed by atoms with van der Waals surface area (Å²) in [6, 6.07) is 7.58. The van der Waals surface area contributed by atoms with Gasteiger partial charge in [-0.2, -0.15) is 0 Å². The average molecular weight is 383 g/mol. The van der Waals surface area contributed by atoms with Gasteiger partial charge in [0.25, 0.3) is 5.56 Å². The number of benzene rings is 1. The van der Waals surface area contributed by atoms with Gasteiger partial charge in [-0.1, -0.05) is 12.1 Å².